The Morgan fingerprint density at radius 3 is 2.35 bits per heavy atom. The van der Waals surface area contributed by atoms with Gasteiger partial charge in [0.25, 0.3) is 0 Å². The summed E-state index contributed by atoms with van der Waals surface area (Å²) in [7, 11) is 0. The number of alkyl carbamates (subject to hydrolysis) is 1. The van der Waals surface area contributed by atoms with Crippen molar-refractivity contribution in [2.75, 3.05) is 6.54 Å². The Hall–Kier alpha value is -0.840. The van der Waals surface area contributed by atoms with Crippen LogP contribution < -0.4 is 5.32 Å². The van der Waals surface area contributed by atoms with Crippen LogP contribution in [-0.4, -0.2) is 35.6 Å². The fourth-order valence-corrected chi connectivity index (χ4v) is 1.19. The van der Waals surface area contributed by atoms with Crippen LogP contribution in [0.4, 0.5) is 9.18 Å². The summed E-state index contributed by atoms with van der Waals surface area (Å²) < 4.78 is 18.4. The van der Waals surface area contributed by atoms with Gasteiger partial charge in [-0.15, -0.1) is 0 Å². The molecule has 0 heterocycles. The molecule has 0 aromatic heterocycles. The molecule has 5 heteroatoms. The van der Waals surface area contributed by atoms with Gasteiger partial charge in [-0.3, -0.25) is 0 Å². The molecule has 0 radical (unpaired) electrons. The van der Waals surface area contributed by atoms with Gasteiger partial charge in [-0.05, 0) is 40.0 Å². The summed E-state index contributed by atoms with van der Waals surface area (Å²) in [6.07, 6.45) is -2.13. The Morgan fingerprint density at radius 2 is 1.94 bits per heavy atom. The number of hydrogen-bond donors (Lipinski definition) is 2. The molecule has 0 aliphatic carbocycles. The van der Waals surface area contributed by atoms with Gasteiger partial charge in [0.05, 0.1) is 12.6 Å². The Balaban J connectivity index is 3.84. The van der Waals surface area contributed by atoms with E-state index in [-0.39, 0.29) is 18.9 Å². The summed E-state index contributed by atoms with van der Waals surface area (Å²) in [6, 6.07) is 0. The summed E-state index contributed by atoms with van der Waals surface area (Å²) in [6.45, 7) is 8.54. The topological polar surface area (TPSA) is 58.6 Å². The molecule has 0 unspecified atom stereocenters. The maximum Gasteiger partial charge on any atom is 0.407 e. The lowest BCUT2D eigenvalue weighted by Crippen LogP contribution is -2.36. The molecule has 0 aromatic rings. The third kappa shape index (κ3) is 8.92. The minimum absolute atomic E-state index is 0.0913. The van der Waals surface area contributed by atoms with Gasteiger partial charge in [-0.1, -0.05) is 6.92 Å². The molecule has 0 aliphatic rings. The molecule has 102 valence electrons. The summed E-state index contributed by atoms with van der Waals surface area (Å²) in [5.74, 6) is -0.134. The van der Waals surface area contributed by atoms with Crippen LogP contribution in [0.2, 0.25) is 0 Å². The molecule has 0 spiro atoms. The average Bonchev–Trinajstić information content (AvgIpc) is 2.11. The number of ether oxygens (including phenoxy) is 1. The predicted molar refractivity (Wildman–Crippen MR) is 64.6 cm³/mol. The molecule has 0 aliphatic heterocycles. The maximum absolute atomic E-state index is 13.4. The van der Waals surface area contributed by atoms with E-state index in [9.17, 15) is 14.3 Å². The first-order chi connectivity index (χ1) is 7.61. The van der Waals surface area contributed by atoms with Gasteiger partial charge in [-0.25, -0.2) is 9.18 Å². The van der Waals surface area contributed by atoms with Crippen LogP contribution in [-0.2, 0) is 4.74 Å². The molecule has 3 atom stereocenters. The van der Waals surface area contributed by atoms with Crippen LogP contribution in [0, 0.1) is 5.92 Å². The van der Waals surface area contributed by atoms with Gasteiger partial charge in [-0.2, -0.15) is 0 Å². The number of hydrogen-bond acceptors (Lipinski definition) is 3. The van der Waals surface area contributed by atoms with E-state index in [2.05, 4.69) is 5.32 Å². The van der Waals surface area contributed by atoms with Crippen molar-refractivity contribution in [3.05, 3.63) is 0 Å². The Labute approximate surface area is 103 Å². The summed E-state index contributed by atoms with van der Waals surface area (Å²) in [4.78, 5) is 11.2. The summed E-state index contributed by atoms with van der Waals surface area (Å²) in [5.41, 5.74) is -0.581. The Morgan fingerprint density at radius 1 is 1.41 bits per heavy atom. The second-order valence-electron chi connectivity index (χ2n) is 5.43. The average molecular weight is 249 g/mol. The first-order valence-corrected chi connectivity index (χ1v) is 5.91. The fraction of sp³-hybridized carbons (Fsp3) is 0.917. The highest BCUT2D eigenvalue weighted by Gasteiger charge is 2.19. The van der Waals surface area contributed by atoms with Crippen LogP contribution >= 0.6 is 0 Å². The number of amides is 1. The summed E-state index contributed by atoms with van der Waals surface area (Å²) in [5, 5.41) is 11.6. The summed E-state index contributed by atoms with van der Waals surface area (Å²) >= 11 is 0. The van der Waals surface area contributed by atoms with E-state index in [1.165, 1.54) is 0 Å². The largest absolute Gasteiger partial charge is 0.444 e. The zero-order valence-electron chi connectivity index (χ0n) is 11.3. The lowest BCUT2D eigenvalue weighted by Gasteiger charge is -2.21. The normalized spacial score (nSPS) is 17.1. The SMILES string of the molecule is C[C@H](O)[C@@H](C)C[C@@H](F)CNC(=O)OC(C)(C)C. The minimum Gasteiger partial charge on any atom is -0.444 e. The molecule has 0 fully saturated rings. The Kier molecular flexibility index (Phi) is 6.45. The zero-order chi connectivity index (χ0) is 13.6. The predicted octanol–water partition coefficient (Wildman–Crippen LogP) is 2.26. The number of carbonyl (C=O) groups excluding carboxylic acids is 1. The first kappa shape index (κ1) is 16.2. The van der Waals surface area contributed by atoms with Crippen LogP contribution in [0.5, 0.6) is 0 Å². The lowest BCUT2D eigenvalue weighted by atomic mass is 9.99. The molecule has 17 heavy (non-hydrogen) atoms. The van der Waals surface area contributed by atoms with Crippen molar-refractivity contribution in [3.63, 3.8) is 0 Å². The van der Waals surface area contributed by atoms with Gasteiger partial charge >= 0.3 is 6.09 Å². The van der Waals surface area contributed by atoms with E-state index in [0.29, 0.717) is 0 Å². The second kappa shape index (κ2) is 6.79. The van der Waals surface area contributed by atoms with Crippen LogP contribution in [0.3, 0.4) is 0 Å². The highest BCUT2D eigenvalue weighted by molar-refractivity contribution is 5.67. The van der Waals surface area contributed by atoms with E-state index < -0.39 is 24.0 Å². The molecular weight excluding hydrogens is 225 g/mol. The number of rotatable bonds is 5. The highest BCUT2D eigenvalue weighted by Crippen LogP contribution is 2.13. The standard InChI is InChI=1S/C12H24FNO3/c1-8(9(2)15)6-10(13)7-14-11(16)17-12(3,4)5/h8-10,15H,6-7H2,1-5H3,(H,14,16)/t8-,9-,10+/m0/s1. The van der Waals surface area contributed by atoms with Gasteiger partial charge in [0.1, 0.15) is 11.8 Å². The van der Waals surface area contributed by atoms with Crippen LogP contribution in [0.25, 0.3) is 0 Å². The number of aliphatic hydroxyl groups is 1. The first-order valence-electron chi connectivity index (χ1n) is 5.91. The van der Waals surface area contributed by atoms with E-state index in [4.69, 9.17) is 4.74 Å². The van der Waals surface area contributed by atoms with Crippen molar-refractivity contribution in [2.24, 2.45) is 5.92 Å². The van der Waals surface area contributed by atoms with Crippen molar-refractivity contribution >= 4 is 6.09 Å². The third-order valence-corrected chi connectivity index (χ3v) is 2.32. The lowest BCUT2D eigenvalue weighted by molar-refractivity contribution is 0.0503. The zero-order valence-corrected chi connectivity index (χ0v) is 11.3. The van der Waals surface area contributed by atoms with Crippen molar-refractivity contribution in [2.45, 2.75) is 58.9 Å². The van der Waals surface area contributed by atoms with Gasteiger partial charge < -0.3 is 15.2 Å². The number of halogens is 1. The Bertz CT molecular complexity index is 238. The second-order valence-corrected chi connectivity index (χ2v) is 5.43. The van der Waals surface area contributed by atoms with Crippen molar-refractivity contribution < 1.29 is 19.0 Å². The van der Waals surface area contributed by atoms with Gasteiger partial charge in [0, 0.05) is 0 Å². The van der Waals surface area contributed by atoms with Crippen molar-refractivity contribution in [1.29, 1.82) is 0 Å². The molecule has 1 amide bonds. The maximum atomic E-state index is 13.4. The third-order valence-electron chi connectivity index (χ3n) is 2.32. The molecule has 0 rings (SSSR count). The number of carbonyl (C=O) groups is 1. The smallest absolute Gasteiger partial charge is 0.407 e. The minimum atomic E-state index is -1.17. The van der Waals surface area contributed by atoms with Crippen molar-refractivity contribution in [1.82, 2.24) is 5.32 Å². The van der Waals surface area contributed by atoms with Gasteiger partial charge in [0.2, 0.25) is 0 Å². The fourth-order valence-electron chi connectivity index (χ4n) is 1.19. The molecule has 0 aromatic carbocycles. The van der Waals surface area contributed by atoms with Crippen LogP contribution in [0.1, 0.15) is 41.0 Å². The van der Waals surface area contributed by atoms with E-state index in [0.717, 1.165) is 0 Å². The number of aliphatic hydroxyl groups excluding tert-OH is 1. The van der Waals surface area contributed by atoms with E-state index >= 15 is 0 Å². The molecule has 2 N–H and O–H groups in total. The monoisotopic (exact) mass is 249 g/mol. The quantitative estimate of drug-likeness (QED) is 0.785. The van der Waals surface area contributed by atoms with Crippen molar-refractivity contribution in [3.8, 4) is 0 Å². The highest BCUT2D eigenvalue weighted by atomic mass is 19.1. The van der Waals surface area contributed by atoms with E-state index in [1.807, 2.05) is 0 Å². The number of alkyl halides is 1. The molecule has 0 saturated carbocycles. The molecule has 0 saturated heterocycles. The van der Waals surface area contributed by atoms with Gasteiger partial charge in [0.15, 0.2) is 0 Å². The van der Waals surface area contributed by atoms with Crippen LogP contribution in [0.15, 0.2) is 0 Å². The molecular formula is C12H24FNO3. The molecule has 0 bridgehead atoms. The number of nitrogens with one attached hydrogen (secondary N) is 1. The van der Waals surface area contributed by atoms with E-state index in [1.54, 1.807) is 34.6 Å². The molecule has 4 nitrogen and oxygen atoms in total.